The summed E-state index contributed by atoms with van der Waals surface area (Å²) in [6, 6.07) is 15.1. The first-order chi connectivity index (χ1) is 11.2. The van der Waals surface area contributed by atoms with Crippen molar-refractivity contribution < 1.29 is 0 Å². The van der Waals surface area contributed by atoms with E-state index in [1.54, 1.807) is 24.5 Å². The molecule has 114 valence electrons. The van der Waals surface area contributed by atoms with Gasteiger partial charge in [0.2, 0.25) is 0 Å². The zero-order valence-electron chi connectivity index (χ0n) is 11.8. The summed E-state index contributed by atoms with van der Waals surface area (Å²) in [5, 5.41) is 12.9. The number of hydrogen-bond acceptors (Lipinski definition) is 5. The number of halogens is 2. The molecule has 0 saturated heterocycles. The summed E-state index contributed by atoms with van der Waals surface area (Å²) >= 11 is 9.25. The third-order valence-electron chi connectivity index (χ3n) is 2.95. The van der Waals surface area contributed by atoms with Crippen LogP contribution in [0.1, 0.15) is 5.56 Å². The van der Waals surface area contributed by atoms with Crippen molar-refractivity contribution in [3.05, 3.63) is 69.8 Å². The van der Waals surface area contributed by atoms with Gasteiger partial charge in [0.25, 0.3) is 5.95 Å². The monoisotopic (exact) mass is 387 g/mol. The Morgan fingerprint density at radius 2 is 1.74 bits per heavy atom. The van der Waals surface area contributed by atoms with Crippen molar-refractivity contribution >= 4 is 39.7 Å². The van der Waals surface area contributed by atoms with Crippen LogP contribution < -0.4 is 5.43 Å². The lowest BCUT2D eigenvalue weighted by molar-refractivity contribution is 0.969. The predicted molar refractivity (Wildman–Crippen MR) is 95.6 cm³/mol. The van der Waals surface area contributed by atoms with E-state index in [4.69, 9.17) is 11.6 Å². The van der Waals surface area contributed by atoms with Crippen LogP contribution >= 0.6 is 27.5 Å². The van der Waals surface area contributed by atoms with Crippen molar-refractivity contribution in [2.45, 2.75) is 0 Å². The minimum absolute atomic E-state index is 0.330. The molecule has 0 fully saturated rings. The van der Waals surface area contributed by atoms with Crippen LogP contribution in [0, 0.1) is 0 Å². The summed E-state index contributed by atoms with van der Waals surface area (Å²) in [4.78, 5) is 4.18. The molecule has 0 aliphatic carbocycles. The number of hydrogen-bond donors (Lipinski definition) is 1. The molecule has 0 saturated carbocycles. The molecular weight excluding hydrogens is 378 g/mol. The first-order valence-corrected chi connectivity index (χ1v) is 7.88. The molecule has 23 heavy (non-hydrogen) atoms. The quantitative estimate of drug-likeness (QED) is 0.531. The van der Waals surface area contributed by atoms with Crippen LogP contribution in [0.2, 0.25) is 5.02 Å². The molecule has 0 bridgehead atoms. The molecule has 3 rings (SSSR count). The number of nitrogens with one attached hydrogen (secondary N) is 1. The van der Waals surface area contributed by atoms with Crippen molar-refractivity contribution in [3.8, 4) is 11.3 Å². The van der Waals surface area contributed by atoms with E-state index in [1.807, 2.05) is 36.4 Å². The van der Waals surface area contributed by atoms with Gasteiger partial charge in [0.15, 0.2) is 0 Å². The molecule has 1 heterocycles. The Morgan fingerprint density at radius 3 is 2.39 bits per heavy atom. The fraction of sp³-hybridized carbons (Fsp3) is 0. The zero-order chi connectivity index (χ0) is 16.1. The maximum Gasteiger partial charge on any atom is 0.263 e. The lowest BCUT2D eigenvalue weighted by Crippen LogP contribution is -1.99. The van der Waals surface area contributed by atoms with Gasteiger partial charge in [-0.05, 0) is 29.8 Å². The minimum atomic E-state index is 0.330. The second-order valence-electron chi connectivity index (χ2n) is 4.60. The fourth-order valence-corrected chi connectivity index (χ4v) is 2.18. The average Bonchev–Trinajstić information content (AvgIpc) is 2.58. The SMILES string of the molecule is Clc1ccc(-c2cnc(N/N=C/c3ccc(Br)cc3)nn2)cc1. The van der Waals surface area contributed by atoms with Gasteiger partial charge in [0.05, 0.1) is 12.4 Å². The van der Waals surface area contributed by atoms with Crippen LogP contribution in [0.4, 0.5) is 5.95 Å². The molecule has 0 aliphatic rings. The molecule has 3 aromatic rings. The number of nitrogens with zero attached hydrogens (tertiary/aromatic N) is 4. The van der Waals surface area contributed by atoms with Gasteiger partial charge < -0.3 is 0 Å². The van der Waals surface area contributed by atoms with Crippen LogP contribution in [0.25, 0.3) is 11.3 Å². The van der Waals surface area contributed by atoms with E-state index < -0.39 is 0 Å². The van der Waals surface area contributed by atoms with Crippen LogP contribution in [-0.2, 0) is 0 Å². The molecule has 5 nitrogen and oxygen atoms in total. The van der Waals surface area contributed by atoms with Crippen LogP contribution in [-0.4, -0.2) is 21.4 Å². The van der Waals surface area contributed by atoms with E-state index in [1.165, 1.54) is 0 Å². The van der Waals surface area contributed by atoms with E-state index in [0.29, 0.717) is 16.7 Å². The standard InChI is InChI=1S/C16H11BrClN5/c17-13-5-1-11(2-6-13)9-20-22-16-19-10-15(21-23-16)12-3-7-14(18)8-4-12/h1-10H,(H,19,22,23)/b20-9+. The van der Waals surface area contributed by atoms with Gasteiger partial charge in [0, 0.05) is 15.1 Å². The summed E-state index contributed by atoms with van der Waals surface area (Å²) in [6.07, 6.45) is 3.32. The third-order valence-corrected chi connectivity index (χ3v) is 3.73. The summed E-state index contributed by atoms with van der Waals surface area (Å²) in [5.41, 5.74) is 5.28. The second kappa shape index (κ2) is 7.30. The number of rotatable bonds is 4. The molecule has 0 amide bonds. The molecule has 0 unspecified atom stereocenters. The normalized spacial score (nSPS) is 10.9. The van der Waals surface area contributed by atoms with E-state index in [2.05, 4.69) is 41.6 Å². The highest BCUT2D eigenvalue weighted by atomic mass is 79.9. The van der Waals surface area contributed by atoms with Gasteiger partial charge in [-0.25, -0.2) is 10.4 Å². The lowest BCUT2D eigenvalue weighted by Gasteiger charge is -2.01. The van der Waals surface area contributed by atoms with Gasteiger partial charge in [-0.2, -0.15) is 5.10 Å². The second-order valence-corrected chi connectivity index (χ2v) is 5.95. The summed E-state index contributed by atoms with van der Waals surface area (Å²) in [7, 11) is 0. The van der Waals surface area contributed by atoms with Crippen molar-refractivity contribution in [3.63, 3.8) is 0 Å². The first-order valence-electron chi connectivity index (χ1n) is 6.71. The Labute approximate surface area is 146 Å². The van der Waals surface area contributed by atoms with Gasteiger partial charge >= 0.3 is 0 Å². The maximum absolute atomic E-state index is 5.86. The third kappa shape index (κ3) is 4.34. The Balaban J connectivity index is 1.65. The maximum atomic E-state index is 5.86. The van der Waals surface area contributed by atoms with Gasteiger partial charge in [-0.3, -0.25) is 0 Å². The van der Waals surface area contributed by atoms with Crippen LogP contribution in [0.5, 0.6) is 0 Å². The molecule has 2 aromatic carbocycles. The molecule has 0 spiro atoms. The molecular formula is C16H11BrClN5. The zero-order valence-corrected chi connectivity index (χ0v) is 14.2. The van der Waals surface area contributed by atoms with Crippen molar-refractivity contribution in [2.24, 2.45) is 5.10 Å². The Bertz CT molecular complexity index is 801. The van der Waals surface area contributed by atoms with Gasteiger partial charge in [0.1, 0.15) is 5.69 Å². The van der Waals surface area contributed by atoms with E-state index in [0.717, 1.165) is 15.6 Å². The number of aromatic nitrogens is 3. The molecule has 0 atom stereocenters. The van der Waals surface area contributed by atoms with E-state index in [-0.39, 0.29) is 0 Å². The summed E-state index contributed by atoms with van der Waals surface area (Å²) < 4.78 is 1.02. The minimum Gasteiger partial charge on any atom is -0.244 e. The topological polar surface area (TPSA) is 63.1 Å². The highest BCUT2D eigenvalue weighted by Crippen LogP contribution is 2.18. The van der Waals surface area contributed by atoms with E-state index in [9.17, 15) is 0 Å². The number of benzene rings is 2. The van der Waals surface area contributed by atoms with Gasteiger partial charge in [-0.1, -0.05) is 51.8 Å². The summed E-state index contributed by atoms with van der Waals surface area (Å²) in [6.45, 7) is 0. The summed E-state index contributed by atoms with van der Waals surface area (Å²) in [5.74, 6) is 0.330. The van der Waals surface area contributed by atoms with Crippen molar-refractivity contribution in [1.82, 2.24) is 15.2 Å². The smallest absolute Gasteiger partial charge is 0.244 e. The predicted octanol–water partition coefficient (Wildman–Crippen LogP) is 4.40. The molecule has 1 N–H and O–H groups in total. The lowest BCUT2D eigenvalue weighted by atomic mass is 10.2. The molecule has 7 heteroatoms. The van der Waals surface area contributed by atoms with E-state index >= 15 is 0 Å². The first kappa shape index (κ1) is 15.6. The number of hydrazone groups is 1. The van der Waals surface area contributed by atoms with Crippen LogP contribution in [0.3, 0.4) is 0 Å². The van der Waals surface area contributed by atoms with Crippen LogP contribution in [0.15, 0.2) is 64.3 Å². The molecule has 0 radical (unpaired) electrons. The Kier molecular flexibility index (Phi) is 4.95. The Hall–Kier alpha value is -2.31. The van der Waals surface area contributed by atoms with Gasteiger partial charge in [-0.15, -0.1) is 10.2 Å². The van der Waals surface area contributed by atoms with Crippen molar-refractivity contribution in [2.75, 3.05) is 5.43 Å². The average molecular weight is 389 g/mol. The van der Waals surface area contributed by atoms with Crippen molar-refractivity contribution in [1.29, 1.82) is 0 Å². The molecule has 0 aliphatic heterocycles. The molecule has 1 aromatic heterocycles. The highest BCUT2D eigenvalue weighted by molar-refractivity contribution is 9.10. The largest absolute Gasteiger partial charge is 0.263 e. The Morgan fingerprint density at radius 1 is 1.00 bits per heavy atom. The highest BCUT2D eigenvalue weighted by Gasteiger charge is 2.01. The fourth-order valence-electron chi connectivity index (χ4n) is 1.79. The number of anilines is 1.